The number of pyridine rings is 1. The Morgan fingerprint density at radius 2 is 1.72 bits per heavy atom. The van der Waals surface area contributed by atoms with Crippen molar-refractivity contribution in [2.75, 3.05) is 0 Å². The third kappa shape index (κ3) is 4.37. The minimum atomic E-state index is -0.231. The highest BCUT2D eigenvalue weighted by molar-refractivity contribution is 6.30. The summed E-state index contributed by atoms with van der Waals surface area (Å²) in [6, 6.07) is 19.2. The van der Waals surface area contributed by atoms with Gasteiger partial charge in [-0.2, -0.15) is 0 Å². The maximum atomic E-state index is 12.3. The van der Waals surface area contributed by atoms with Crippen LogP contribution in [0.1, 0.15) is 22.3 Å². The molecule has 3 N–H and O–H groups in total. The van der Waals surface area contributed by atoms with Crippen LogP contribution < -0.4 is 11.3 Å². The molecule has 0 fully saturated rings. The van der Waals surface area contributed by atoms with Gasteiger partial charge in [0.2, 0.25) is 0 Å². The molecule has 0 amide bonds. The molecule has 0 aliphatic carbocycles. The van der Waals surface area contributed by atoms with E-state index < -0.39 is 0 Å². The summed E-state index contributed by atoms with van der Waals surface area (Å²) >= 11 is 5.88. The van der Waals surface area contributed by atoms with Crippen molar-refractivity contribution in [3.05, 3.63) is 104 Å². The van der Waals surface area contributed by atoms with Gasteiger partial charge < -0.3 is 10.7 Å². The number of rotatable bonds is 5. The third-order valence-electron chi connectivity index (χ3n) is 3.89. The number of aromatic amines is 1. The van der Waals surface area contributed by atoms with Gasteiger partial charge in [0.1, 0.15) is 5.84 Å². The Morgan fingerprint density at radius 1 is 1.00 bits per heavy atom. The lowest BCUT2D eigenvalue weighted by Gasteiger charge is -2.08. The molecule has 126 valence electrons. The molecule has 5 heteroatoms. The van der Waals surface area contributed by atoms with Crippen LogP contribution in [0.25, 0.3) is 0 Å². The first-order valence-corrected chi connectivity index (χ1v) is 8.30. The molecule has 0 aliphatic rings. The molecule has 1 heterocycles. The molecule has 25 heavy (non-hydrogen) atoms. The summed E-state index contributed by atoms with van der Waals surface area (Å²) in [7, 11) is 0. The van der Waals surface area contributed by atoms with Gasteiger partial charge in [0.05, 0.1) is 12.1 Å². The number of hydrogen-bond donors (Lipinski definition) is 2. The number of aromatic nitrogens is 1. The molecule has 2 aromatic carbocycles. The minimum absolute atomic E-state index is 0.231. The standard InChI is InChI=1S/C20H18ClN3O/c21-17-8-6-15(7-9-17)13-24-19(22)18-16(10-11-23-20(18)25)12-14-4-2-1-3-5-14/h1-11H,12-13H2,(H2,22,24)(H,23,25). The van der Waals surface area contributed by atoms with Crippen LogP contribution in [0.2, 0.25) is 5.02 Å². The summed E-state index contributed by atoms with van der Waals surface area (Å²) in [5, 5.41) is 0.672. The van der Waals surface area contributed by atoms with Gasteiger partial charge in [-0.15, -0.1) is 0 Å². The van der Waals surface area contributed by atoms with E-state index in [0.29, 0.717) is 23.6 Å². The molecule has 0 spiro atoms. The van der Waals surface area contributed by atoms with Crippen molar-refractivity contribution in [3.63, 3.8) is 0 Å². The Bertz CT molecular complexity index is 931. The quantitative estimate of drug-likeness (QED) is 0.545. The lowest BCUT2D eigenvalue weighted by molar-refractivity contribution is 1.05. The fourth-order valence-corrected chi connectivity index (χ4v) is 2.73. The van der Waals surface area contributed by atoms with Gasteiger partial charge >= 0.3 is 0 Å². The van der Waals surface area contributed by atoms with Crippen LogP contribution in [0.3, 0.4) is 0 Å². The highest BCUT2D eigenvalue weighted by atomic mass is 35.5. The van der Waals surface area contributed by atoms with Gasteiger partial charge in [-0.25, -0.2) is 0 Å². The number of nitrogens with two attached hydrogens (primary N) is 1. The molecular weight excluding hydrogens is 334 g/mol. The lowest BCUT2D eigenvalue weighted by atomic mass is 10.0. The van der Waals surface area contributed by atoms with Gasteiger partial charge in [0, 0.05) is 11.2 Å². The van der Waals surface area contributed by atoms with E-state index in [0.717, 1.165) is 16.7 Å². The average Bonchev–Trinajstić information content (AvgIpc) is 2.62. The van der Waals surface area contributed by atoms with E-state index in [-0.39, 0.29) is 11.4 Å². The number of amidine groups is 1. The predicted octanol–water partition coefficient (Wildman–Crippen LogP) is 3.52. The summed E-state index contributed by atoms with van der Waals surface area (Å²) < 4.78 is 0. The Morgan fingerprint density at radius 3 is 2.44 bits per heavy atom. The largest absolute Gasteiger partial charge is 0.383 e. The second-order valence-corrected chi connectivity index (χ2v) is 6.13. The maximum absolute atomic E-state index is 12.3. The van der Waals surface area contributed by atoms with Crippen LogP contribution in [0.5, 0.6) is 0 Å². The molecule has 0 saturated heterocycles. The molecule has 0 bridgehead atoms. The molecule has 0 radical (unpaired) electrons. The monoisotopic (exact) mass is 351 g/mol. The maximum Gasteiger partial charge on any atom is 0.259 e. The van der Waals surface area contributed by atoms with Crippen molar-refractivity contribution in [2.45, 2.75) is 13.0 Å². The number of hydrogen-bond acceptors (Lipinski definition) is 2. The van der Waals surface area contributed by atoms with Crippen LogP contribution in [-0.4, -0.2) is 10.8 Å². The minimum Gasteiger partial charge on any atom is -0.383 e. The molecular formula is C20H18ClN3O. The number of benzene rings is 2. The van der Waals surface area contributed by atoms with E-state index in [9.17, 15) is 4.79 Å². The molecule has 4 nitrogen and oxygen atoms in total. The zero-order chi connectivity index (χ0) is 17.6. The SMILES string of the molecule is NC(=NCc1ccc(Cl)cc1)c1c(Cc2ccccc2)cc[nH]c1=O. The van der Waals surface area contributed by atoms with Crippen molar-refractivity contribution in [3.8, 4) is 0 Å². The van der Waals surface area contributed by atoms with Crippen LogP contribution in [0, 0.1) is 0 Å². The van der Waals surface area contributed by atoms with E-state index in [2.05, 4.69) is 9.98 Å². The Balaban J connectivity index is 1.88. The van der Waals surface area contributed by atoms with Crippen molar-refractivity contribution in [2.24, 2.45) is 10.7 Å². The number of H-pyrrole nitrogens is 1. The first-order chi connectivity index (χ1) is 12.1. The van der Waals surface area contributed by atoms with Crippen molar-refractivity contribution >= 4 is 17.4 Å². The summed E-state index contributed by atoms with van der Waals surface area (Å²) in [5.74, 6) is 0.239. The average molecular weight is 352 g/mol. The van der Waals surface area contributed by atoms with E-state index in [1.165, 1.54) is 0 Å². The summed E-state index contributed by atoms with van der Waals surface area (Å²) in [5.41, 5.74) is 9.27. The highest BCUT2D eigenvalue weighted by Gasteiger charge is 2.11. The van der Waals surface area contributed by atoms with E-state index in [4.69, 9.17) is 17.3 Å². The first kappa shape index (κ1) is 17.0. The van der Waals surface area contributed by atoms with E-state index in [1.807, 2.05) is 48.5 Å². The smallest absolute Gasteiger partial charge is 0.259 e. The van der Waals surface area contributed by atoms with Crippen LogP contribution in [-0.2, 0) is 13.0 Å². The topological polar surface area (TPSA) is 71.2 Å². The number of halogens is 1. The Hall–Kier alpha value is -2.85. The van der Waals surface area contributed by atoms with Crippen LogP contribution in [0.4, 0.5) is 0 Å². The second kappa shape index (κ2) is 7.81. The van der Waals surface area contributed by atoms with Crippen LogP contribution in [0.15, 0.2) is 76.6 Å². The third-order valence-corrected chi connectivity index (χ3v) is 4.14. The van der Waals surface area contributed by atoms with Gasteiger partial charge in [-0.3, -0.25) is 9.79 Å². The fraction of sp³-hybridized carbons (Fsp3) is 0.100. The number of aliphatic imine (C=N–C) groups is 1. The first-order valence-electron chi connectivity index (χ1n) is 7.93. The van der Waals surface area contributed by atoms with Gasteiger partial charge in [-0.1, -0.05) is 54.1 Å². The van der Waals surface area contributed by atoms with Crippen molar-refractivity contribution < 1.29 is 0 Å². The summed E-state index contributed by atoms with van der Waals surface area (Å²) in [6.45, 7) is 0.391. The molecule has 0 atom stereocenters. The molecule has 0 aliphatic heterocycles. The second-order valence-electron chi connectivity index (χ2n) is 5.70. The van der Waals surface area contributed by atoms with Crippen LogP contribution >= 0.6 is 11.6 Å². The van der Waals surface area contributed by atoms with E-state index in [1.54, 1.807) is 18.3 Å². The van der Waals surface area contributed by atoms with Crippen molar-refractivity contribution in [1.82, 2.24) is 4.98 Å². The lowest BCUT2D eigenvalue weighted by Crippen LogP contribution is -2.27. The van der Waals surface area contributed by atoms with Crippen molar-refractivity contribution in [1.29, 1.82) is 0 Å². The number of nitrogens with one attached hydrogen (secondary N) is 1. The Kier molecular flexibility index (Phi) is 5.31. The van der Waals surface area contributed by atoms with Gasteiger partial charge in [0.25, 0.3) is 5.56 Å². The summed E-state index contributed by atoms with van der Waals surface area (Å²) in [6.07, 6.45) is 2.26. The molecule has 1 aromatic heterocycles. The molecule has 0 saturated carbocycles. The highest BCUT2D eigenvalue weighted by Crippen LogP contribution is 2.13. The van der Waals surface area contributed by atoms with Gasteiger partial charge in [0.15, 0.2) is 0 Å². The zero-order valence-electron chi connectivity index (χ0n) is 13.6. The van der Waals surface area contributed by atoms with E-state index >= 15 is 0 Å². The predicted molar refractivity (Wildman–Crippen MR) is 102 cm³/mol. The normalized spacial score (nSPS) is 11.5. The molecule has 3 aromatic rings. The zero-order valence-corrected chi connectivity index (χ0v) is 14.3. The Labute approximate surface area is 151 Å². The number of nitrogens with zero attached hydrogens (tertiary/aromatic N) is 1. The van der Waals surface area contributed by atoms with Gasteiger partial charge in [-0.05, 0) is 41.3 Å². The molecule has 3 rings (SSSR count). The fourth-order valence-electron chi connectivity index (χ4n) is 2.61. The summed E-state index contributed by atoms with van der Waals surface area (Å²) in [4.78, 5) is 19.4. The molecule has 0 unspecified atom stereocenters.